The number of nitrogens with zero attached hydrogens (tertiary/aromatic N) is 2. The minimum atomic E-state index is -0.718. The molecule has 1 N–H and O–H groups in total. The van der Waals surface area contributed by atoms with Gasteiger partial charge in [-0.2, -0.15) is 0 Å². The summed E-state index contributed by atoms with van der Waals surface area (Å²) in [4.78, 5) is 16.3. The highest BCUT2D eigenvalue weighted by atomic mass is 16.4. The molecular formula is C21H28N2O2. The average molecular weight is 340 g/mol. The lowest BCUT2D eigenvalue weighted by Crippen LogP contribution is -2.19. The second kappa shape index (κ2) is 7.42. The summed E-state index contributed by atoms with van der Waals surface area (Å²) in [5.74, 6) is 0.773. The number of aliphatic carboxylic acids is 1. The summed E-state index contributed by atoms with van der Waals surface area (Å²) < 4.78 is 2.31. The maximum absolute atomic E-state index is 11.3. The first-order chi connectivity index (χ1) is 12.0. The fourth-order valence-corrected chi connectivity index (χ4v) is 3.97. The van der Waals surface area contributed by atoms with Gasteiger partial charge in [0, 0.05) is 24.1 Å². The van der Waals surface area contributed by atoms with Crippen molar-refractivity contribution < 1.29 is 9.90 Å². The number of aromatic nitrogens is 2. The van der Waals surface area contributed by atoms with E-state index in [0.717, 1.165) is 43.7 Å². The molecule has 0 spiro atoms. The highest BCUT2D eigenvalue weighted by Crippen LogP contribution is 2.36. The van der Waals surface area contributed by atoms with Crippen LogP contribution in [-0.2, 0) is 24.2 Å². The lowest BCUT2D eigenvalue weighted by atomic mass is 9.87. The number of fused-ring (bicyclic) bond motifs is 1. The number of hydrogen-bond donors (Lipinski definition) is 1. The van der Waals surface area contributed by atoms with Crippen LogP contribution < -0.4 is 0 Å². The normalized spacial score (nSPS) is 16.9. The fourth-order valence-electron chi connectivity index (χ4n) is 3.97. The average Bonchev–Trinajstić information content (AvgIpc) is 2.94. The van der Waals surface area contributed by atoms with E-state index in [2.05, 4.69) is 49.6 Å². The zero-order chi connectivity index (χ0) is 18.0. The van der Waals surface area contributed by atoms with Crippen LogP contribution in [0.2, 0.25) is 0 Å². The topological polar surface area (TPSA) is 55.1 Å². The van der Waals surface area contributed by atoms with Crippen molar-refractivity contribution >= 4 is 5.97 Å². The Morgan fingerprint density at radius 1 is 1.36 bits per heavy atom. The molecule has 1 aromatic heterocycles. The molecule has 0 bridgehead atoms. The maximum Gasteiger partial charge on any atom is 0.304 e. The van der Waals surface area contributed by atoms with Crippen molar-refractivity contribution in [1.29, 1.82) is 0 Å². The largest absolute Gasteiger partial charge is 0.481 e. The fraction of sp³-hybridized carbons (Fsp3) is 0.524. The molecule has 0 aliphatic heterocycles. The number of benzene rings is 1. The Morgan fingerprint density at radius 2 is 2.12 bits per heavy atom. The Morgan fingerprint density at radius 3 is 2.80 bits per heavy atom. The van der Waals surface area contributed by atoms with Crippen LogP contribution in [0.5, 0.6) is 0 Å². The Hall–Kier alpha value is -2.10. The molecule has 4 heteroatoms. The highest BCUT2D eigenvalue weighted by Gasteiger charge is 2.30. The van der Waals surface area contributed by atoms with E-state index < -0.39 is 5.97 Å². The molecule has 0 saturated heterocycles. The quantitative estimate of drug-likeness (QED) is 0.841. The van der Waals surface area contributed by atoms with Crippen molar-refractivity contribution in [3.63, 3.8) is 0 Å². The first kappa shape index (κ1) is 17.7. The second-order valence-electron chi connectivity index (χ2n) is 7.40. The molecule has 1 unspecified atom stereocenters. The standard InChI is InChI=1S/C21H28N2O2/c1-4-15-7-5-8-16(11-15)13-23-20-17(12-19(24)25)9-6-10-18(20)22-21(23)14(2)3/h5,7-8,11,14,17H,4,6,9-10,12-13H2,1-3H3,(H,24,25). The maximum atomic E-state index is 11.3. The summed E-state index contributed by atoms with van der Waals surface area (Å²) in [5, 5.41) is 9.33. The number of carboxylic acid groups (broad SMARTS) is 1. The zero-order valence-electron chi connectivity index (χ0n) is 15.5. The SMILES string of the molecule is CCc1cccc(Cn2c(C(C)C)nc3c2C(CC(=O)O)CCC3)c1. The molecule has 1 aromatic carbocycles. The van der Waals surface area contributed by atoms with Gasteiger partial charge in [-0.15, -0.1) is 0 Å². The van der Waals surface area contributed by atoms with Gasteiger partial charge in [0.2, 0.25) is 0 Å². The van der Waals surface area contributed by atoms with Gasteiger partial charge in [-0.05, 0) is 36.8 Å². The third-order valence-electron chi connectivity index (χ3n) is 5.14. The number of rotatable bonds is 6. The van der Waals surface area contributed by atoms with E-state index >= 15 is 0 Å². The van der Waals surface area contributed by atoms with Crippen LogP contribution in [0.3, 0.4) is 0 Å². The Kier molecular flexibility index (Phi) is 5.26. The third kappa shape index (κ3) is 3.78. The van der Waals surface area contributed by atoms with Crippen molar-refractivity contribution in [2.45, 2.75) is 71.3 Å². The molecule has 4 nitrogen and oxygen atoms in total. The smallest absolute Gasteiger partial charge is 0.304 e. The van der Waals surface area contributed by atoms with Crippen molar-refractivity contribution in [3.8, 4) is 0 Å². The summed E-state index contributed by atoms with van der Waals surface area (Å²) in [6.45, 7) is 7.28. The van der Waals surface area contributed by atoms with E-state index in [1.165, 1.54) is 16.8 Å². The molecule has 0 radical (unpaired) electrons. The Bertz CT molecular complexity index is 761. The van der Waals surface area contributed by atoms with E-state index in [0.29, 0.717) is 5.92 Å². The summed E-state index contributed by atoms with van der Waals surface area (Å²) in [6.07, 6.45) is 4.16. The van der Waals surface area contributed by atoms with Crippen LogP contribution >= 0.6 is 0 Å². The van der Waals surface area contributed by atoms with E-state index in [4.69, 9.17) is 4.98 Å². The molecule has 1 aliphatic carbocycles. The van der Waals surface area contributed by atoms with Crippen LogP contribution in [0.25, 0.3) is 0 Å². The van der Waals surface area contributed by atoms with Crippen molar-refractivity contribution in [1.82, 2.24) is 9.55 Å². The van der Waals surface area contributed by atoms with Crippen LogP contribution in [0.15, 0.2) is 24.3 Å². The first-order valence-corrected chi connectivity index (χ1v) is 9.38. The molecule has 0 fully saturated rings. The lowest BCUT2D eigenvalue weighted by molar-refractivity contribution is -0.137. The summed E-state index contributed by atoms with van der Waals surface area (Å²) in [5.41, 5.74) is 4.88. The van der Waals surface area contributed by atoms with Gasteiger partial charge in [0.25, 0.3) is 0 Å². The van der Waals surface area contributed by atoms with Gasteiger partial charge in [-0.3, -0.25) is 4.79 Å². The number of carbonyl (C=O) groups is 1. The molecule has 1 aliphatic rings. The van der Waals surface area contributed by atoms with Gasteiger partial charge in [0.05, 0.1) is 12.1 Å². The van der Waals surface area contributed by atoms with Gasteiger partial charge >= 0.3 is 5.97 Å². The van der Waals surface area contributed by atoms with Crippen molar-refractivity contribution in [2.75, 3.05) is 0 Å². The summed E-state index contributed by atoms with van der Waals surface area (Å²) >= 11 is 0. The molecule has 0 saturated carbocycles. The second-order valence-corrected chi connectivity index (χ2v) is 7.40. The zero-order valence-corrected chi connectivity index (χ0v) is 15.5. The van der Waals surface area contributed by atoms with E-state index in [1.54, 1.807) is 0 Å². The minimum absolute atomic E-state index is 0.0793. The van der Waals surface area contributed by atoms with Crippen LogP contribution in [0.4, 0.5) is 0 Å². The first-order valence-electron chi connectivity index (χ1n) is 9.38. The predicted octanol–water partition coefficient (Wildman–Crippen LogP) is 4.51. The minimum Gasteiger partial charge on any atom is -0.481 e. The molecule has 1 heterocycles. The molecule has 1 atom stereocenters. The number of carboxylic acids is 1. The number of hydrogen-bond acceptors (Lipinski definition) is 2. The molecule has 134 valence electrons. The van der Waals surface area contributed by atoms with Gasteiger partial charge in [0.15, 0.2) is 0 Å². The highest BCUT2D eigenvalue weighted by molar-refractivity contribution is 5.68. The van der Waals surface area contributed by atoms with E-state index in [-0.39, 0.29) is 12.3 Å². The van der Waals surface area contributed by atoms with Gasteiger partial charge in [0.1, 0.15) is 5.82 Å². The molecule has 2 aromatic rings. The van der Waals surface area contributed by atoms with Gasteiger partial charge < -0.3 is 9.67 Å². The summed E-state index contributed by atoms with van der Waals surface area (Å²) in [6, 6.07) is 8.68. The molecule has 0 amide bonds. The lowest BCUT2D eigenvalue weighted by Gasteiger charge is -2.24. The van der Waals surface area contributed by atoms with E-state index in [1.807, 2.05) is 0 Å². The van der Waals surface area contributed by atoms with Gasteiger partial charge in [-0.1, -0.05) is 45.0 Å². The van der Waals surface area contributed by atoms with Crippen LogP contribution in [0.1, 0.15) is 80.2 Å². The number of aryl methyl sites for hydroxylation is 2. The van der Waals surface area contributed by atoms with Gasteiger partial charge in [-0.25, -0.2) is 4.98 Å². The molecule has 25 heavy (non-hydrogen) atoms. The van der Waals surface area contributed by atoms with Crippen LogP contribution in [-0.4, -0.2) is 20.6 Å². The Labute approximate surface area is 149 Å². The number of imidazole rings is 1. The Balaban J connectivity index is 2.04. The third-order valence-corrected chi connectivity index (χ3v) is 5.14. The van der Waals surface area contributed by atoms with Crippen molar-refractivity contribution in [2.24, 2.45) is 0 Å². The monoisotopic (exact) mass is 340 g/mol. The predicted molar refractivity (Wildman–Crippen MR) is 99.2 cm³/mol. The summed E-state index contributed by atoms with van der Waals surface area (Å²) in [7, 11) is 0. The molecule has 3 rings (SSSR count). The van der Waals surface area contributed by atoms with E-state index in [9.17, 15) is 9.90 Å². The molecular weight excluding hydrogens is 312 g/mol. The van der Waals surface area contributed by atoms with Crippen molar-refractivity contribution in [3.05, 3.63) is 52.6 Å². The van der Waals surface area contributed by atoms with Crippen LogP contribution in [0, 0.1) is 0 Å².